The Hall–Kier alpha value is -3.35. The quantitative estimate of drug-likeness (QED) is 0.743. The van der Waals surface area contributed by atoms with Crippen molar-refractivity contribution in [3.63, 3.8) is 0 Å². The second-order valence-corrected chi connectivity index (χ2v) is 6.49. The Labute approximate surface area is 156 Å². The first-order chi connectivity index (χ1) is 13.2. The molecule has 0 saturated carbocycles. The van der Waals surface area contributed by atoms with Crippen LogP contribution < -0.4 is 5.32 Å². The number of benzene rings is 1. The van der Waals surface area contributed by atoms with Crippen molar-refractivity contribution in [2.24, 2.45) is 0 Å². The van der Waals surface area contributed by atoms with Crippen molar-refractivity contribution in [2.45, 2.75) is 31.9 Å². The zero-order chi connectivity index (χ0) is 18.6. The van der Waals surface area contributed by atoms with Crippen molar-refractivity contribution in [1.82, 2.24) is 20.1 Å². The predicted molar refractivity (Wildman–Crippen MR) is 98.6 cm³/mol. The van der Waals surface area contributed by atoms with Crippen LogP contribution in [0.5, 0.6) is 5.88 Å². The fourth-order valence-corrected chi connectivity index (χ4v) is 3.25. The number of aromatic hydroxyl groups is 1. The first-order valence-electron chi connectivity index (χ1n) is 8.89. The van der Waals surface area contributed by atoms with Crippen molar-refractivity contribution in [3.8, 4) is 11.7 Å². The lowest BCUT2D eigenvalue weighted by Gasteiger charge is -2.22. The number of rotatable bonds is 4. The van der Waals surface area contributed by atoms with Gasteiger partial charge in [-0.15, -0.1) is 0 Å². The molecule has 0 spiro atoms. The molecule has 0 aliphatic heterocycles. The molecular formula is C20H20N4O3. The van der Waals surface area contributed by atoms with Gasteiger partial charge in [0.05, 0.1) is 5.69 Å². The number of nitrogens with one attached hydrogen (secondary N) is 1. The van der Waals surface area contributed by atoms with Crippen LogP contribution in [0.2, 0.25) is 0 Å². The molecule has 7 nitrogen and oxygen atoms in total. The number of aryl methyl sites for hydroxylation is 1. The molecule has 1 aliphatic carbocycles. The molecule has 4 rings (SSSR count). The summed E-state index contributed by atoms with van der Waals surface area (Å²) in [6.07, 6.45) is 3.12. The number of alkyl carbamates (subject to hydrolysis) is 1. The zero-order valence-electron chi connectivity index (χ0n) is 14.7. The molecule has 2 aromatic heterocycles. The highest BCUT2D eigenvalue weighted by Gasteiger charge is 2.28. The van der Waals surface area contributed by atoms with Crippen LogP contribution in [-0.4, -0.2) is 32.0 Å². The van der Waals surface area contributed by atoms with Gasteiger partial charge >= 0.3 is 6.09 Å². The maximum atomic E-state index is 12.1. The summed E-state index contributed by atoms with van der Waals surface area (Å²) < 4.78 is 6.73. The first-order valence-corrected chi connectivity index (χ1v) is 8.89. The highest BCUT2D eigenvalue weighted by molar-refractivity contribution is 5.67. The number of hydrogen-bond acceptors (Lipinski definition) is 5. The lowest BCUT2D eigenvalue weighted by Crippen LogP contribution is -2.39. The Bertz CT molecular complexity index is 925. The molecule has 0 bridgehead atoms. The molecular weight excluding hydrogens is 344 g/mol. The van der Waals surface area contributed by atoms with Gasteiger partial charge in [0.2, 0.25) is 5.88 Å². The monoisotopic (exact) mass is 364 g/mol. The predicted octanol–water partition coefficient (Wildman–Crippen LogP) is 2.76. The van der Waals surface area contributed by atoms with Crippen LogP contribution in [0.1, 0.15) is 23.2 Å². The largest absolute Gasteiger partial charge is 0.493 e. The van der Waals surface area contributed by atoms with Crippen molar-refractivity contribution in [3.05, 3.63) is 71.5 Å². The lowest BCUT2D eigenvalue weighted by molar-refractivity contribution is 0.134. The summed E-state index contributed by atoms with van der Waals surface area (Å²) in [6.45, 7) is 0.230. The molecule has 2 N–H and O–H groups in total. The van der Waals surface area contributed by atoms with E-state index in [-0.39, 0.29) is 18.5 Å². The third kappa shape index (κ3) is 3.76. The Kier molecular flexibility index (Phi) is 4.74. The van der Waals surface area contributed by atoms with Crippen LogP contribution in [-0.2, 0) is 24.2 Å². The molecule has 2 heterocycles. The molecule has 7 heteroatoms. The van der Waals surface area contributed by atoms with Gasteiger partial charge in [-0.25, -0.2) is 9.78 Å². The highest BCUT2D eigenvalue weighted by Crippen LogP contribution is 2.30. The number of ether oxygens (including phenoxy) is 1. The van der Waals surface area contributed by atoms with E-state index >= 15 is 0 Å². The van der Waals surface area contributed by atoms with E-state index in [2.05, 4.69) is 15.4 Å². The third-order valence-electron chi connectivity index (χ3n) is 4.62. The minimum atomic E-state index is -0.455. The molecule has 1 aliphatic rings. The van der Waals surface area contributed by atoms with Gasteiger partial charge < -0.3 is 15.2 Å². The minimum absolute atomic E-state index is 0.0767. The van der Waals surface area contributed by atoms with Crippen LogP contribution in [0.3, 0.4) is 0 Å². The van der Waals surface area contributed by atoms with Crippen LogP contribution in [0.4, 0.5) is 4.79 Å². The average Bonchev–Trinajstić information content (AvgIpc) is 3.04. The zero-order valence-corrected chi connectivity index (χ0v) is 14.7. The van der Waals surface area contributed by atoms with E-state index in [0.29, 0.717) is 18.7 Å². The molecule has 138 valence electrons. The van der Waals surface area contributed by atoms with Crippen LogP contribution in [0.15, 0.2) is 54.7 Å². The van der Waals surface area contributed by atoms with Gasteiger partial charge in [-0.3, -0.25) is 0 Å². The molecule has 1 unspecified atom stereocenters. The van der Waals surface area contributed by atoms with E-state index in [9.17, 15) is 9.90 Å². The van der Waals surface area contributed by atoms with Crippen molar-refractivity contribution in [2.75, 3.05) is 0 Å². The van der Waals surface area contributed by atoms with Gasteiger partial charge in [-0.2, -0.15) is 9.78 Å². The molecule has 3 aromatic rings. The topological polar surface area (TPSA) is 89.3 Å². The van der Waals surface area contributed by atoms with E-state index < -0.39 is 6.09 Å². The van der Waals surface area contributed by atoms with Gasteiger partial charge in [-0.05, 0) is 37.0 Å². The lowest BCUT2D eigenvalue weighted by atomic mass is 9.93. The normalized spacial score (nSPS) is 15.8. The number of pyridine rings is 1. The maximum absolute atomic E-state index is 12.1. The van der Waals surface area contributed by atoms with Gasteiger partial charge in [0, 0.05) is 17.8 Å². The Balaban J connectivity index is 1.40. The van der Waals surface area contributed by atoms with Crippen LogP contribution >= 0.6 is 0 Å². The molecule has 0 fully saturated rings. The maximum Gasteiger partial charge on any atom is 0.407 e. The van der Waals surface area contributed by atoms with Crippen molar-refractivity contribution < 1.29 is 14.6 Å². The van der Waals surface area contributed by atoms with Crippen LogP contribution in [0, 0.1) is 0 Å². The fourth-order valence-electron chi connectivity index (χ4n) is 3.25. The van der Waals surface area contributed by atoms with Gasteiger partial charge in [-0.1, -0.05) is 36.4 Å². The first kappa shape index (κ1) is 17.1. The van der Waals surface area contributed by atoms with Gasteiger partial charge in [0.1, 0.15) is 6.61 Å². The average molecular weight is 364 g/mol. The molecule has 1 amide bonds. The Morgan fingerprint density at radius 2 is 2.04 bits per heavy atom. The highest BCUT2D eigenvalue weighted by atomic mass is 16.5. The number of carbonyl (C=O) groups is 1. The summed E-state index contributed by atoms with van der Waals surface area (Å²) in [5, 5.41) is 17.9. The summed E-state index contributed by atoms with van der Waals surface area (Å²) in [4.78, 5) is 16.3. The summed E-state index contributed by atoms with van der Waals surface area (Å²) in [7, 11) is 0. The summed E-state index contributed by atoms with van der Waals surface area (Å²) in [5.74, 6) is 0.643. The van der Waals surface area contributed by atoms with Crippen molar-refractivity contribution >= 4 is 6.09 Å². The smallest absolute Gasteiger partial charge is 0.407 e. The SMILES string of the molecule is O=C(NC1CCc2nn(-c3ccccn3)c(O)c2C1)OCc1ccccc1. The number of nitrogens with zero attached hydrogens (tertiary/aromatic N) is 3. The number of aromatic nitrogens is 3. The fraction of sp³-hybridized carbons (Fsp3) is 0.250. The number of amides is 1. The van der Waals surface area contributed by atoms with Gasteiger partial charge in [0.25, 0.3) is 0 Å². The number of hydrogen-bond donors (Lipinski definition) is 2. The standard InChI is InChI=1S/C20H20N4O3/c25-19-16-12-15(22-20(26)27-13-14-6-2-1-3-7-14)9-10-17(16)23-24(19)18-8-4-5-11-21-18/h1-8,11,15,25H,9-10,12-13H2,(H,22,26). The second-order valence-electron chi connectivity index (χ2n) is 6.49. The van der Waals surface area contributed by atoms with Gasteiger partial charge in [0.15, 0.2) is 5.82 Å². The van der Waals surface area contributed by atoms with E-state index in [0.717, 1.165) is 23.2 Å². The molecule has 1 atom stereocenters. The van der Waals surface area contributed by atoms with Crippen LogP contribution in [0.25, 0.3) is 5.82 Å². The molecule has 1 aromatic carbocycles. The van der Waals surface area contributed by atoms with E-state index in [4.69, 9.17) is 4.74 Å². The van der Waals surface area contributed by atoms with Crippen molar-refractivity contribution in [1.29, 1.82) is 0 Å². The minimum Gasteiger partial charge on any atom is -0.493 e. The number of carbonyl (C=O) groups excluding carboxylic acids is 1. The Morgan fingerprint density at radius 1 is 1.22 bits per heavy atom. The van der Waals surface area contributed by atoms with E-state index in [1.165, 1.54) is 4.68 Å². The summed E-state index contributed by atoms with van der Waals surface area (Å²) >= 11 is 0. The van der Waals surface area contributed by atoms with E-state index in [1.807, 2.05) is 42.5 Å². The number of fused-ring (bicyclic) bond motifs is 1. The summed E-state index contributed by atoms with van der Waals surface area (Å²) in [5.41, 5.74) is 2.53. The third-order valence-corrected chi connectivity index (χ3v) is 4.62. The molecule has 0 saturated heterocycles. The Morgan fingerprint density at radius 3 is 2.81 bits per heavy atom. The molecule has 27 heavy (non-hydrogen) atoms. The van der Waals surface area contributed by atoms with E-state index in [1.54, 1.807) is 12.3 Å². The summed E-state index contributed by atoms with van der Waals surface area (Å²) in [6, 6.07) is 14.9. The second kappa shape index (κ2) is 7.49. The molecule has 0 radical (unpaired) electrons.